The van der Waals surface area contributed by atoms with Crippen LogP contribution in [-0.4, -0.2) is 37.5 Å². The molecule has 0 aliphatic heterocycles. The molecule has 0 aliphatic rings. The molecule has 0 bridgehead atoms. The molecule has 0 spiro atoms. The number of carbonyl (C=O) groups excluding carboxylic acids is 2. The summed E-state index contributed by atoms with van der Waals surface area (Å²) in [6.07, 6.45) is -0.770. The molecule has 0 aliphatic carbocycles. The smallest absolute Gasteiger partial charge is 0.408 e. The van der Waals surface area contributed by atoms with E-state index in [1.807, 2.05) is 0 Å². The third-order valence-electron chi connectivity index (χ3n) is 1.94. The number of esters is 1. The van der Waals surface area contributed by atoms with Gasteiger partial charge >= 0.3 is 12.1 Å². The van der Waals surface area contributed by atoms with Crippen molar-refractivity contribution in [2.24, 2.45) is 5.92 Å². The van der Waals surface area contributed by atoms with Crippen molar-refractivity contribution in [1.29, 1.82) is 0 Å². The normalized spacial score (nSPS) is 14.7. The van der Waals surface area contributed by atoms with Crippen LogP contribution in [0.2, 0.25) is 0 Å². The van der Waals surface area contributed by atoms with Crippen LogP contribution in [0.25, 0.3) is 0 Å². The third kappa shape index (κ3) is 6.09. The highest BCUT2D eigenvalue weighted by Gasteiger charge is 2.29. The van der Waals surface area contributed by atoms with Crippen molar-refractivity contribution in [2.45, 2.75) is 39.3 Å². The number of carbonyl (C=O) groups is 2. The minimum absolute atomic E-state index is 0.671. The first-order valence-electron chi connectivity index (χ1n) is 5.34. The maximum absolute atomic E-state index is 12.5. The second kappa shape index (κ2) is 6.42. The Balaban J connectivity index is 4.54. The highest BCUT2D eigenvalue weighted by molar-refractivity contribution is 5.81. The zero-order valence-electron chi connectivity index (χ0n) is 10.9. The summed E-state index contributed by atoms with van der Waals surface area (Å²) in [5.41, 5.74) is -0.677. The molecular formula is C11H20FNO4. The molecule has 2 atom stereocenters. The molecule has 0 aromatic rings. The molecule has 2 unspecified atom stereocenters. The summed E-state index contributed by atoms with van der Waals surface area (Å²) in [5, 5.41) is 2.30. The molecule has 0 saturated carbocycles. The van der Waals surface area contributed by atoms with Gasteiger partial charge in [0.1, 0.15) is 11.6 Å². The van der Waals surface area contributed by atoms with E-state index in [0.29, 0.717) is 0 Å². The van der Waals surface area contributed by atoms with Gasteiger partial charge in [0, 0.05) is 5.92 Å². The number of halogens is 1. The Morgan fingerprint density at radius 1 is 1.35 bits per heavy atom. The van der Waals surface area contributed by atoms with Crippen LogP contribution in [0.1, 0.15) is 27.7 Å². The van der Waals surface area contributed by atoms with Gasteiger partial charge in [-0.3, -0.25) is 4.39 Å². The maximum atomic E-state index is 12.5. The first kappa shape index (κ1) is 15.7. The summed E-state index contributed by atoms with van der Waals surface area (Å²) in [6, 6.07) is -1.04. The van der Waals surface area contributed by atoms with Crippen LogP contribution in [0.3, 0.4) is 0 Å². The van der Waals surface area contributed by atoms with Crippen molar-refractivity contribution in [2.75, 3.05) is 13.8 Å². The third-order valence-corrected chi connectivity index (χ3v) is 1.94. The highest BCUT2D eigenvalue weighted by atomic mass is 19.1. The van der Waals surface area contributed by atoms with E-state index in [0.717, 1.165) is 0 Å². The van der Waals surface area contributed by atoms with Gasteiger partial charge in [-0.1, -0.05) is 6.92 Å². The number of ether oxygens (including phenoxy) is 2. The molecule has 0 radical (unpaired) electrons. The lowest BCUT2D eigenvalue weighted by Gasteiger charge is -2.24. The molecule has 6 heteroatoms. The largest absolute Gasteiger partial charge is 0.467 e. The van der Waals surface area contributed by atoms with Crippen molar-refractivity contribution < 1.29 is 23.5 Å². The molecule has 100 valence electrons. The van der Waals surface area contributed by atoms with Gasteiger partial charge < -0.3 is 14.8 Å². The lowest BCUT2D eigenvalue weighted by Crippen LogP contribution is -2.48. The molecule has 5 nitrogen and oxygen atoms in total. The Morgan fingerprint density at radius 3 is 2.24 bits per heavy atom. The average Bonchev–Trinajstić information content (AvgIpc) is 2.21. The molecular weight excluding hydrogens is 229 g/mol. The number of rotatable bonds is 4. The van der Waals surface area contributed by atoms with Crippen LogP contribution in [-0.2, 0) is 14.3 Å². The van der Waals surface area contributed by atoms with E-state index < -0.39 is 36.3 Å². The number of nitrogens with one attached hydrogen (secondary N) is 1. The molecule has 0 fully saturated rings. The summed E-state index contributed by atoms with van der Waals surface area (Å²) in [4.78, 5) is 22.8. The minimum Gasteiger partial charge on any atom is -0.467 e. The van der Waals surface area contributed by atoms with Gasteiger partial charge in [-0.15, -0.1) is 0 Å². The first-order valence-corrected chi connectivity index (χ1v) is 5.34. The highest BCUT2D eigenvalue weighted by Crippen LogP contribution is 2.10. The molecule has 0 aromatic heterocycles. The fraction of sp³-hybridized carbons (Fsp3) is 0.818. The lowest BCUT2D eigenvalue weighted by atomic mass is 10.0. The van der Waals surface area contributed by atoms with Gasteiger partial charge in [0.15, 0.2) is 0 Å². The van der Waals surface area contributed by atoms with Crippen molar-refractivity contribution in [3.05, 3.63) is 0 Å². The topological polar surface area (TPSA) is 64.6 Å². The monoisotopic (exact) mass is 249 g/mol. The second-order valence-corrected chi connectivity index (χ2v) is 4.78. The standard InChI is InChI=1S/C11H20FNO4/c1-7(6-12)8(9(14)16-5)13-10(15)17-11(2,3)4/h7-8H,6H2,1-5H3,(H,13,15). The predicted molar refractivity (Wildman–Crippen MR) is 60.3 cm³/mol. The fourth-order valence-corrected chi connectivity index (χ4v) is 1.08. The number of hydrogen-bond donors (Lipinski definition) is 1. The van der Waals surface area contributed by atoms with Gasteiger partial charge in [0.05, 0.1) is 13.8 Å². The molecule has 1 amide bonds. The Hall–Kier alpha value is -1.33. The van der Waals surface area contributed by atoms with Crippen LogP contribution in [0, 0.1) is 5.92 Å². The summed E-state index contributed by atoms with van der Waals surface area (Å²) in [6.45, 7) is 5.84. The number of alkyl halides is 1. The Kier molecular flexibility index (Phi) is 5.91. The van der Waals surface area contributed by atoms with Gasteiger partial charge in [-0.2, -0.15) is 0 Å². The van der Waals surface area contributed by atoms with Gasteiger partial charge in [0.2, 0.25) is 0 Å². The lowest BCUT2D eigenvalue weighted by molar-refractivity contribution is -0.144. The first-order chi connectivity index (χ1) is 7.71. The van der Waals surface area contributed by atoms with Crippen molar-refractivity contribution in [3.8, 4) is 0 Å². The van der Waals surface area contributed by atoms with E-state index in [9.17, 15) is 14.0 Å². The molecule has 0 rings (SSSR count). The molecule has 0 heterocycles. The quantitative estimate of drug-likeness (QED) is 0.769. The zero-order valence-corrected chi connectivity index (χ0v) is 10.9. The minimum atomic E-state index is -1.04. The number of amides is 1. The van der Waals surface area contributed by atoms with Crippen molar-refractivity contribution in [3.63, 3.8) is 0 Å². The Bertz CT molecular complexity index is 275. The average molecular weight is 249 g/mol. The van der Waals surface area contributed by atoms with Gasteiger partial charge in [-0.25, -0.2) is 9.59 Å². The maximum Gasteiger partial charge on any atom is 0.408 e. The number of methoxy groups -OCH3 is 1. The van der Waals surface area contributed by atoms with E-state index in [-0.39, 0.29) is 0 Å². The zero-order chi connectivity index (χ0) is 13.6. The Morgan fingerprint density at radius 2 is 1.88 bits per heavy atom. The summed E-state index contributed by atoms with van der Waals surface area (Å²) in [5.74, 6) is -1.36. The number of hydrogen-bond acceptors (Lipinski definition) is 4. The summed E-state index contributed by atoms with van der Waals surface area (Å²) in [7, 11) is 1.18. The van der Waals surface area contributed by atoms with E-state index in [2.05, 4.69) is 10.1 Å². The summed E-state index contributed by atoms with van der Waals surface area (Å²) < 4.78 is 22.0. The van der Waals surface area contributed by atoms with Crippen LogP contribution >= 0.6 is 0 Å². The van der Waals surface area contributed by atoms with E-state index in [1.165, 1.54) is 14.0 Å². The number of alkyl carbamates (subject to hydrolysis) is 1. The van der Waals surface area contributed by atoms with Crippen LogP contribution < -0.4 is 5.32 Å². The molecule has 0 saturated heterocycles. The van der Waals surface area contributed by atoms with Crippen LogP contribution in [0.15, 0.2) is 0 Å². The van der Waals surface area contributed by atoms with Crippen molar-refractivity contribution >= 4 is 12.1 Å². The van der Waals surface area contributed by atoms with Crippen LogP contribution in [0.4, 0.5) is 9.18 Å². The summed E-state index contributed by atoms with van der Waals surface area (Å²) >= 11 is 0. The molecule has 0 aromatic carbocycles. The SMILES string of the molecule is COC(=O)C(NC(=O)OC(C)(C)C)C(C)CF. The predicted octanol–water partition coefficient (Wildman–Crippen LogP) is 1.66. The van der Waals surface area contributed by atoms with Gasteiger partial charge in [0.25, 0.3) is 0 Å². The fourth-order valence-electron chi connectivity index (χ4n) is 1.08. The molecule has 1 N–H and O–H groups in total. The van der Waals surface area contributed by atoms with E-state index in [1.54, 1.807) is 20.8 Å². The van der Waals surface area contributed by atoms with Gasteiger partial charge in [-0.05, 0) is 20.8 Å². The van der Waals surface area contributed by atoms with Crippen molar-refractivity contribution in [1.82, 2.24) is 5.32 Å². The van der Waals surface area contributed by atoms with E-state index >= 15 is 0 Å². The van der Waals surface area contributed by atoms with E-state index in [4.69, 9.17) is 4.74 Å². The molecule has 17 heavy (non-hydrogen) atoms. The Labute approximate surface area is 101 Å². The second-order valence-electron chi connectivity index (χ2n) is 4.78. The van der Waals surface area contributed by atoms with Crippen LogP contribution in [0.5, 0.6) is 0 Å².